The lowest BCUT2D eigenvalue weighted by molar-refractivity contribution is 0.404. The molecule has 2 aromatic rings. The number of para-hydroxylation sites is 1. The molecule has 0 bridgehead atoms. The van der Waals surface area contributed by atoms with Crippen LogP contribution in [0.3, 0.4) is 0 Å². The first kappa shape index (κ1) is 12.9. The van der Waals surface area contributed by atoms with Crippen LogP contribution in [0, 0.1) is 35.4 Å². The maximum atomic E-state index is 13.3. The topological polar surface area (TPSA) is 38.9 Å². The van der Waals surface area contributed by atoms with Gasteiger partial charge in [0.25, 0.3) is 11.9 Å². The van der Waals surface area contributed by atoms with Crippen LogP contribution in [0.1, 0.15) is 11.1 Å². The molecule has 96 valence electrons. The minimum Gasteiger partial charge on any atom is -0.398 e. The summed E-state index contributed by atoms with van der Waals surface area (Å²) in [5.41, 5.74) is 5.12. The molecule has 2 N–H and O–H groups in total. The molecule has 0 aliphatic heterocycles. The van der Waals surface area contributed by atoms with Gasteiger partial charge in [-0.05, 0) is 12.1 Å². The standard InChI is InChI=1S/C13H6F4N2/c14-10-8(11(15)13(17)19-12(10)16)6-5-7-3-1-2-4-9(7)18/h1-4H,18H2. The summed E-state index contributed by atoms with van der Waals surface area (Å²) >= 11 is 0. The molecule has 1 heterocycles. The summed E-state index contributed by atoms with van der Waals surface area (Å²) < 4.78 is 52.2. The van der Waals surface area contributed by atoms with Crippen molar-refractivity contribution in [2.24, 2.45) is 0 Å². The Balaban J connectivity index is 2.55. The number of halogens is 4. The highest BCUT2D eigenvalue weighted by molar-refractivity contribution is 5.57. The van der Waals surface area contributed by atoms with E-state index < -0.39 is 29.1 Å². The van der Waals surface area contributed by atoms with E-state index in [1.165, 1.54) is 12.1 Å². The lowest BCUT2D eigenvalue weighted by atomic mass is 10.1. The first-order valence-electron chi connectivity index (χ1n) is 5.07. The molecule has 2 nitrogen and oxygen atoms in total. The van der Waals surface area contributed by atoms with Gasteiger partial charge in [0.15, 0.2) is 11.6 Å². The highest BCUT2D eigenvalue weighted by Gasteiger charge is 2.19. The van der Waals surface area contributed by atoms with Gasteiger partial charge in [0.2, 0.25) is 0 Å². The van der Waals surface area contributed by atoms with Crippen molar-refractivity contribution >= 4 is 5.69 Å². The molecule has 0 saturated heterocycles. The van der Waals surface area contributed by atoms with Crippen LogP contribution < -0.4 is 5.73 Å². The fourth-order valence-electron chi connectivity index (χ4n) is 1.34. The maximum Gasteiger partial charge on any atom is 0.253 e. The molecule has 2 rings (SSSR count). The Hall–Kier alpha value is -2.55. The number of hydrogen-bond donors (Lipinski definition) is 1. The third kappa shape index (κ3) is 2.50. The van der Waals surface area contributed by atoms with E-state index in [9.17, 15) is 17.6 Å². The predicted molar refractivity (Wildman–Crippen MR) is 60.9 cm³/mol. The predicted octanol–water partition coefficient (Wildman–Crippen LogP) is 2.62. The first-order valence-corrected chi connectivity index (χ1v) is 5.07. The zero-order chi connectivity index (χ0) is 14.0. The Morgan fingerprint density at radius 3 is 2.05 bits per heavy atom. The van der Waals surface area contributed by atoms with Gasteiger partial charge in [0.05, 0.1) is 0 Å². The van der Waals surface area contributed by atoms with E-state index in [-0.39, 0.29) is 5.69 Å². The second-order valence-electron chi connectivity index (χ2n) is 3.53. The quantitative estimate of drug-likeness (QED) is 0.344. The number of rotatable bonds is 0. The molecule has 1 aromatic heterocycles. The second-order valence-corrected chi connectivity index (χ2v) is 3.53. The molecule has 0 amide bonds. The number of nitrogens with two attached hydrogens (primary N) is 1. The van der Waals surface area contributed by atoms with Crippen molar-refractivity contribution in [2.45, 2.75) is 0 Å². The van der Waals surface area contributed by atoms with E-state index in [1.807, 2.05) is 5.92 Å². The Kier molecular flexibility index (Phi) is 3.38. The van der Waals surface area contributed by atoms with Crippen molar-refractivity contribution in [3.05, 3.63) is 58.9 Å². The Morgan fingerprint density at radius 2 is 1.47 bits per heavy atom. The van der Waals surface area contributed by atoms with E-state index >= 15 is 0 Å². The average Bonchev–Trinajstić information content (AvgIpc) is 2.38. The minimum absolute atomic E-state index is 0.283. The van der Waals surface area contributed by atoms with Gasteiger partial charge < -0.3 is 5.73 Å². The van der Waals surface area contributed by atoms with Crippen molar-refractivity contribution < 1.29 is 17.6 Å². The molecule has 0 spiro atoms. The normalized spacial score (nSPS) is 9.89. The van der Waals surface area contributed by atoms with Gasteiger partial charge in [-0.3, -0.25) is 0 Å². The minimum atomic E-state index is -1.75. The van der Waals surface area contributed by atoms with E-state index in [1.54, 1.807) is 12.1 Å². The number of nitrogens with zero attached hydrogens (tertiary/aromatic N) is 1. The van der Waals surface area contributed by atoms with Crippen molar-refractivity contribution in [3.8, 4) is 11.8 Å². The Bertz CT molecular complexity index is 676. The van der Waals surface area contributed by atoms with Crippen molar-refractivity contribution in [3.63, 3.8) is 0 Å². The number of nitrogen functional groups attached to an aromatic ring is 1. The number of aromatic nitrogens is 1. The number of anilines is 1. The molecule has 6 heteroatoms. The monoisotopic (exact) mass is 266 g/mol. The zero-order valence-corrected chi connectivity index (χ0v) is 9.35. The number of benzene rings is 1. The van der Waals surface area contributed by atoms with Crippen LogP contribution >= 0.6 is 0 Å². The number of hydrogen-bond acceptors (Lipinski definition) is 2. The molecular weight excluding hydrogens is 260 g/mol. The summed E-state index contributed by atoms with van der Waals surface area (Å²) in [4.78, 5) is 2.43. The van der Waals surface area contributed by atoms with E-state index in [4.69, 9.17) is 5.73 Å². The van der Waals surface area contributed by atoms with Gasteiger partial charge in [0.1, 0.15) is 5.56 Å². The first-order chi connectivity index (χ1) is 9.00. The van der Waals surface area contributed by atoms with Crippen LogP contribution in [-0.2, 0) is 0 Å². The summed E-state index contributed by atoms with van der Waals surface area (Å²) in [5, 5.41) is 0. The van der Waals surface area contributed by atoms with E-state index in [2.05, 4.69) is 10.9 Å². The molecule has 0 unspecified atom stereocenters. The molecule has 0 saturated carbocycles. The van der Waals surface area contributed by atoms with E-state index in [0.717, 1.165) is 0 Å². The summed E-state index contributed by atoms with van der Waals surface area (Å²) in [6.07, 6.45) is 0. The van der Waals surface area contributed by atoms with Crippen LogP contribution in [-0.4, -0.2) is 4.98 Å². The molecule has 0 atom stereocenters. The largest absolute Gasteiger partial charge is 0.398 e. The van der Waals surface area contributed by atoms with Gasteiger partial charge in [-0.25, -0.2) is 8.78 Å². The smallest absolute Gasteiger partial charge is 0.253 e. The molecule has 1 aromatic carbocycles. The molecule has 19 heavy (non-hydrogen) atoms. The summed E-state index contributed by atoms with van der Waals surface area (Å²) in [5.74, 6) is -2.40. The maximum absolute atomic E-state index is 13.3. The van der Waals surface area contributed by atoms with Crippen LogP contribution in [0.25, 0.3) is 0 Å². The average molecular weight is 266 g/mol. The lowest BCUT2D eigenvalue weighted by Crippen LogP contribution is -2.03. The fourth-order valence-corrected chi connectivity index (χ4v) is 1.34. The Labute approximate surface area is 105 Å². The highest BCUT2D eigenvalue weighted by Crippen LogP contribution is 2.16. The molecule has 0 aliphatic carbocycles. The molecule has 0 fully saturated rings. The van der Waals surface area contributed by atoms with Gasteiger partial charge in [-0.15, -0.1) is 0 Å². The van der Waals surface area contributed by atoms with Crippen LogP contribution in [0.5, 0.6) is 0 Å². The Morgan fingerprint density at radius 1 is 0.895 bits per heavy atom. The summed E-state index contributed by atoms with van der Waals surface area (Å²) in [7, 11) is 0. The van der Waals surface area contributed by atoms with Gasteiger partial charge >= 0.3 is 0 Å². The third-order valence-corrected chi connectivity index (χ3v) is 2.28. The zero-order valence-electron chi connectivity index (χ0n) is 9.35. The fraction of sp³-hybridized carbons (Fsp3) is 0. The van der Waals surface area contributed by atoms with Gasteiger partial charge in [0, 0.05) is 11.3 Å². The van der Waals surface area contributed by atoms with Crippen molar-refractivity contribution in [1.82, 2.24) is 4.98 Å². The summed E-state index contributed by atoms with van der Waals surface area (Å²) in [6, 6.07) is 6.30. The van der Waals surface area contributed by atoms with E-state index in [0.29, 0.717) is 5.56 Å². The van der Waals surface area contributed by atoms with Crippen LogP contribution in [0.15, 0.2) is 24.3 Å². The summed E-state index contributed by atoms with van der Waals surface area (Å²) in [6.45, 7) is 0. The molecular formula is C13H6F4N2. The van der Waals surface area contributed by atoms with Crippen molar-refractivity contribution in [1.29, 1.82) is 0 Å². The molecule has 0 aliphatic rings. The van der Waals surface area contributed by atoms with Crippen LogP contribution in [0.4, 0.5) is 23.2 Å². The van der Waals surface area contributed by atoms with Gasteiger partial charge in [-0.2, -0.15) is 13.8 Å². The third-order valence-electron chi connectivity index (χ3n) is 2.28. The number of pyridine rings is 1. The molecule has 0 radical (unpaired) electrons. The van der Waals surface area contributed by atoms with Crippen molar-refractivity contribution in [2.75, 3.05) is 5.73 Å². The highest BCUT2D eigenvalue weighted by atomic mass is 19.2. The van der Waals surface area contributed by atoms with Gasteiger partial charge in [-0.1, -0.05) is 24.0 Å². The SMILES string of the molecule is Nc1ccccc1C#Cc1c(F)c(F)nc(F)c1F. The van der Waals surface area contributed by atoms with Crippen LogP contribution in [0.2, 0.25) is 0 Å². The lowest BCUT2D eigenvalue weighted by Gasteiger charge is -1.99. The second kappa shape index (κ2) is 4.98.